The molecule has 0 bridgehead atoms. The Balaban J connectivity index is 1.72. The zero-order valence-corrected chi connectivity index (χ0v) is 14.1. The van der Waals surface area contributed by atoms with Gasteiger partial charge in [-0.05, 0) is 30.3 Å². The highest BCUT2D eigenvalue weighted by Gasteiger charge is 2.09. The van der Waals surface area contributed by atoms with Gasteiger partial charge in [-0.25, -0.2) is 9.97 Å². The lowest BCUT2D eigenvalue weighted by atomic mass is 10.3. The van der Waals surface area contributed by atoms with Crippen molar-refractivity contribution in [2.75, 3.05) is 17.7 Å². The van der Waals surface area contributed by atoms with Gasteiger partial charge in [-0.1, -0.05) is 29.8 Å². The molecule has 0 unspecified atom stereocenters. The van der Waals surface area contributed by atoms with E-state index < -0.39 is 0 Å². The lowest BCUT2D eigenvalue weighted by Gasteiger charge is -2.10. The molecule has 3 aromatic rings. The number of carbonyl (C=O) groups is 1. The van der Waals surface area contributed by atoms with Crippen molar-refractivity contribution in [3.63, 3.8) is 0 Å². The number of benzene rings is 2. The number of anilines is 3. The molecule has 6 nitrogen and oxygen atoms in total. The standard InChI is InChI=1S/C18H15ClN4O2/c1-25-16-8-7-13(19)9-15(16)23-18-20-10-12(11-21-18)17(24)22-14-5-3-2-4-6-14/h2-11H,1H3,(H,22,24)(H,20,21,23). The molecule has 7 heteroatoms. The van der Waals surface area contributed by atoms with Crippen LogP contribution in [0.1, 0.15) is 10.4 Å². The average molecular weight is 355 g/mol. The lowest BCUT2D eigenvalue weighted by Crippen LogP contribution is -2.13. The molecule has 1 aromatic heterocycles. The summed E-state index contributed by atoms with van der Waals surface area (Å²) >= 11 is 5.99. The number of para-hydroxylation sites is 1. The summed E-state index contributed by atoms with van der Waals surface area (Å²) in [4.78, 5) is 20.5. The highest BCUT2D eigenvalue weighted by molar-refractivity contribution is 6.31. The van der Waals surface area contributed by atoms with E-state index in [1.54, 1.807) is 37.4 Å². The summed E-state index contributed by atoms with van der Waals surface area (Å²) in [5.74, 6) is 0.661. The van der Waals surface area contributed by atoms with E-state index in [-0.39, 0.29) is 5.91 Å². The van der Waals surface area contributed by atoms with Gasteiger partial charge in [-0.3, -0.25) is 4.79 Å². The molecule has 0 radical (unpaired) electrons. The van der Waals surface area contributed by atoms with Gasteiger partial charge in [0.2, 0.25) is 5.95 Å². The predicted molar refractivity (Wildman–Crippen MR) is 97.7 cm³/mol. The molecule has 1 amide bonds. The van der Waals surface area contributed by atoms with Crippen LogP contribution in [0.5, 0.6) is 5.75 Å². The molecule has 0 saturated heterocycles. The highest BCUT2D eigenvalue weighted by Crippen LogP contribution is 2.29. The van der Waals surface area contributed by atoms with E-state index in [0.717, 1.165) is 0 Å². The van der Waals surface area contributed by atoms with Gasteiger partial charge in [0.15, 0.2) is 0 Å². The average Bonchev–Trinajstić information content (AvgIpc) is 2.63. The minimum atomic E-state index is -0.280. The first-order valence-electron chi connectivity index (χ1n) is 7.45. The van der Waals surface area contributed by atoms with Crippen molar-refractivity contribution in [2.45, 2.75) is 0 Å². The van der Waals surface area contributed by atoms with Crippen LogP contribution in [-0.2, 0) is 0 Å². The van der Waals surface area contributed by atoms with Crippen molar-refractivity contribution in [2.24, 2.45) is 0 Å². The van der Waals surface area contributed by atoms with Crippen LogP contribution >= 0.6 is 11.6 Å². The summed E-state index contributed by atoms with van der Waals surface area (Å²) in [5, 5.41) is 6.35. The first kappa shape index (κ1) is 16.7. The van der Waals surface area contributed by atoms with Crippen LogP contribution in [0, 0.1) is 0 Å². The molecule has 0 saturated carbocycles. The maximum absolute atomic E-state index is 12.2. The topological polar surface area (TPSA) is 76.1 Å². The predicted octanol–water partition coefficient (Wildman–Crippen LogP) is 4.13. The van der Waals surface area contributed by atoms with Gasteiger partial charge in [0.05, 0.1) is 18.4 Å². The fourth-order valence-electron chi connectivity index (χ4n) is 2.13. The molecule has 25 heavy (non-hydrogen) atoms. The van der Waals surface area contributed by atoms with Gasteiger partial charge in [0.25, 0.3) is 5.91 Å². The van der Waals surface area contributed by atoms with Gasteiger partial charge in [-0.2, -0.15) is 0 Å². The molecular weight excluding hydrogens is 340 g/mol. The summed E-state index contributed by atoms with van der Waals surface area (Å²) in [6.07, 6.45) is 2.90. The Morgan fingerprint density at radius 1 is 1.08 bits per heavy atom. The number of nitrogens with zero attached hydrogens (tertiary/aromatic N) is 2. The number of hydrogen-bond acceptors (Lipinski definition) is 5. The zero-order valence-electron chi connectivity index (χ0n) is 13.4. The third kappa shape index (κ3) is 4.24. The largest absolute Gasteiger partial charge is 0.495 e. The molecule has 2 aromatic carbocycles. The Morgan fingerprint density at radius 3 is 2.48 bits per heavy atom. The molecule has 2 N–H and O–H groups in total. The number of nitrogens with one attached hydrogen (secondary N) is 2. The Kier molecular flexibility index (Phi) is 5.11. The van der Waals surface area contributed by atoms with Crippen molar-refractivity contribution in [1.29, 1.82) is 0 Å². The number of carbonyl (C=O) groups excluding carboxylic acids is 1. The summed E-state index contributed by atoms with van der Waals surface area (Å²) in [6.45, 7) is 0. The molecule has 0 aliphatic carbocycles. The van der Waals surface area contributed by atoms with E-state index in [9.17, 15) is 4.79 Å². The van der Waals surface area contributed by atoms with Crippen molar-refractivity contribution < 1.29 is 9.53 Å². The number of hydrogen-bond donors (Lipinski definition) is 2. The minimum Gasteiger partial charge on any atom is -0.495 e. The second-order valence-corrected chi connectivity index (χ2v) is 5.52. The molecule has 0 atom stereocenters. The quantitative estimate of drug-likeness (QED) is 0.720. The number of methoxy groups -OCH3 is 1. The molecule has 0 aliphatic heterocycles. The van der Waals surface area contributed by atoms with E-state index in [1.807, 2.05) is 18.2 Å². The number of aromatic nitrogens is 2. The monoisotopic (exact) mass is 354 g/mol. The number of rotatable bonds is 5. The number of ether oxygens (including phenoxy) is 1. The van der Waals surface area contributed by atoms with Crippen molar-refractivity contribution in [1.82, 2.24) is 9.97 Å². The SMILES string of the molecule is COc1ccc(Cl)cc1Nc1ncc(C(=O)Nc2ccccc2)cn1. The van der Waals surface area contributed by atoms with Crippen LogP contribution < -0.4 is 15.4 Å². The molecule has 3 rings (SSSR count). The molecule has 126 valence electrons. The fraction of sp³-hybridized carbons (Fsp3) is 0.0556. The second-order valence-electron chi connectivity index (χ2n) is 5.09. The maximum atomic E-state index is 12.2. The lowest BCUT2D eigenvalue weighted by molar-refractivity contribution is 0.102. The first-order chi connectivity index (χ1) is 12.2. The smallest absolute Gasteiger partial charge is 0.258 e. The van der Waals surface area contributed by atoms with E-state index in [4.69, 9.17) is 16.3 Å². The summed E-state index contributed by atoms with van der Waals surface area (Å²) in [5.41, 5.74) is 1.70. The zero-order chi connectivity index (χ0) is 17.6. The van der Waals surface area contributed by atoms with Crippen LogP contribution in [0.3, 0.4) is 0 Å². The van der Waals surface area contributed by atoms with Crippen molar-refractivity contribution in [3.8, 4) is 5.75 Å². The van der Waals surface area contributed by atoms with E-state index in [1.165, 1.54) is 12.4 Å². The Labute approximate surface area is 149 Å². The number of halogens is 1. The van der Waals surface area contributed by atoms with Gasteiger partial charge < -0.3 is 15.4 Å². The Hall–Kier alpha value is -3.12. The van der Waals surface area contributed by atoms with Crippen LogP contribution in [-0.4, -0.2) is 23.0 Å². The van der Waals surface area contributed by atoms with Crippen molar-refractivity contribution >= 4 is 34.8 Å². The fourth-order valence-corrected chi connectivity index (χ4v) is 2.31. The molecular formula is C18H15ClN4O2. The Bertz CT molecular complexity index is 870. The van der Waals surface area contributed by atoms with Crippen LogP contribution in [0.4, 0.5) is 17.3 Å². The third-order valence-electron chi connectivity index (χ3n) is 3.35. The molecule has 1 heterocycles. The van der Waals surface area contributed by atoms with Crippen LogP contribution in [0.2, 0.25) is 5.02 Å². The van der Waals surface area contributed by atoms with Gasteiger partial charge in [0.1, 0.15) is 5.75 Å². The highest BCUT2D eigenvalue weighted by atomic mass is 35.5. The van der Waals surface area contributed by atoms with Gasteiger partial charge in [0, 0.05) is 23.1 Å². The van der Waals surface area contributed by atoms with Crippen molar-refractivity contribution in [3.05, 3.63) is 71.5 Å². The number of amides is 1. The summed E-state index contributed by atoms with van der Waals surface area (Å²) < 4.78 is 5.26. The summed E-state index contributed by atoms with van der Waals surface area (Å²) in [7, 11) is 1.56. The van der Waals surface area contributed by atoms with E-state index in [2.05, 4.69) is 20.6 Å². The molecule has 0 aliphatic rings. The second kappa shape index (κ2) is 7.63. The minimum absolute atomic E-state index is 0.280. The van der Waals surface area contributed by atoms with Gasteiger partial charge in [-0.15, -0.1) is 0 Å². The Morgan fingerprint density at radius 2 is 1.80 bits per heavy atom. The molecule has 0 fully saturated rings. The van der Waals surface area contributed by atoms with Crippen LogP contribution in [0.25, 0.3) is 0 Å². The first-order valence-corrected chi connectivity index (χ1v) is 7.82. The van der Waals surface area contributed by atoms with Gasteiger partial charge >= 0.3 is 0 Å². The van der Waals surface area contributed by atoms with Crippen LogP contribution in [0.15, 0.2) is 60.9 Å². The molecule has 0 spiro atoms. The van der Waals surface area contributed by atoms with E-state index >= 15 is 0 Å². The summed E-state index contributed by atoms with van der Waals surface area (Å²) in [6, 6.07) is 14.4. The normalized spacial score (nSPS) is 10.2. The maximum Gasteiger partial charge on any atom is 0.258 e. The third-order valence-corrected chi connectivity index (χ3v) is 3.59. The van der Waals surface area contributed by atoms with E-state index in [0.29, 0.717) is 33.7 Å².